The van der Waals surface area contributed by atoms with Gasteiger partial charge in [-0.25, -0.2) is 51.7 Å². The van der Waals surface area contributed by atoms with Crippen LogP contribution in [0, 0.1) is 11.8 Å². The molecule has 32 heavy (non-hydrogen) atoms. The van der Waals surface area contributed by atoms with E-state index in [4.69, 9.17) is 5.11 Å². The highest BCUT2D eigenvalue weighted by molar-refractivity contribution is 7.90. The van der Waals surface area contributed by atoms with Gasteiger partial charge in [-0.2, -0.15) is 0 Å². The molecule has 1 N–H and O–H groups in total. The maximum Gasteiger partial charge on any atom is 0.315 e. The zero-order valence-corrected chi connectivity index (χ0v) is 18.1. The van der Waals surface area contributed by atoms with Gasteiger partial charge >= 0.3 is 5.97 Å². The summed E-state index contributed by atoms with van der Waals surface area (Å²) in [6.45, 7) is 0. The topological polar surface area (TPSA) is 196 Å². The van der Waals surface area contributed by atoms with Gasteiger partial charge < -0.3 is 5.11 Å². The largest absolute Gasteiger partial charge is 0.481 e. The molecule has 15 heteroatoms. The summed E-state index contributed by atoms with van der Waals surface area (Å²) < 4.78 is 46.2. The molecule has 0 atom stereocenters. The summed E-state index contributed by atoms with van der Waals surface area (Å²) in [4.78, 5) is 38.3. The smallest absolute Gasteiger partial charge is 0.315 e. The molecule has 0 bridgehead atoms. The van der Waals surface area contributed by atoms with E-state index < -0.39 is 32.1 Å². The van der Waals surface area contributed by atoms with Crippen LogP contribution in [0.25, 0.3) is 22.8 Å². The van der Waals surface area contributed by atoms with Gasteiger partial charge in [-0.05, 0) is 5.92 Å². The van der Waals surface area contributed by atoms with Crippen LogP contribution in [0.1, 0.15) is 12.2 Å². The first kappa shape index (κ1) is 22.8. The highest BCUT2D eigenvalue weighted by Gasteiger charge is 2.16. The Balaban J connectivity index is 2.11. The Kier molecular flexibility index (Phi) is 6.18. The molecule has 0 fully saturated rings. The van der Waals surface area contributed by atoms with Crippen LogP contribution in [0.15, 0.2) is 35.1 Å². The normalized spacial score (nSPS) is 11.4. The number of rotatable bonds is 5. The van der Waals surface area contributed by atoms with E-state index in [1.807, 2.05) is 0 Å². The highest BCUT2D eigenvalue weighted by Crippen LogP contribution is 2.19. The lowest BCUT2D eigenvalue weighted by atomic mass is 10.3. The van der Waals surface area contributed by atoms with E-state index in [9.17, 15) is 21.6 Å². The average molecular weight is 475 g/mol. The maximum atomic E-state index is 11.6. The van der Waals surface area contributed by atoms with Crippen molar-refractivity contribution < 1.29 is 26.7 Å². The summed E-state index contributed by atoms with van der Waals surface area (Å²) >= 11 is 0. The minimum atomic E-state index is -3.62. The van der Waals surface area contributed by atoms with Gasteiger partial charge in [0.1, 0.15) is 6.42 Å². The van der Waals surface area contributed by atoms with Crippen LogP contribution in [0.3, 0.4) is 0 Å². The van der Waals surface area contributed by atoms with Gasteiger partial charge in [0, 0.05) is 37.3 Å². The van der Waals surface area contributed by atoms with Gasteiger partial charge in [0.05, 0.1) is 11.1 Å². The molecule has 13 nitrogen and oxygen atoms in total. The number of carboxylic acid groups (broad SMARTS) is 1. The van der Waals surface area contributed by atoms with E-state index in [1.54, 1.807) is 0 Å². The SMILES string of the molecule is CS(=O)(=O)c1ncc(-c2nc(C#CCC(=O)O)nc(-c3cnc(S(C)(=O)=O)nc3)n2)cn1. The molecule has 0 aromatic carbocycles. The lowest BCUT2D eigenvalue weighted by molar-refractivity contribution is -0.135. The molecule has 3 aromatic rings. The van der Waals surface area contributed by atoms with E-state index in [-0.39, 0.29) is 38.9 Å². The molecule has 0 saturated heterocycles. The Morgan fingerprint density at radius 2 is 1.22 bits per heavy atom. The molecule has 0 aliphatic heterocycles. The Morgan fingerprint density at radius 3 is 1.56 bits per heavy atom. The van der Waals surface area contributed by atoms with Crippen molar-refractivity contribution in [3.63, 3.8) is 0 Å². The minimum absolute atomic E-state index is 0.0156. The molecular formula is C17H13N7O6S2. The zero-order chi connectivity index (χ0) is 23.5. The van der Waals surface area contributed by atoms with Crippen molar-refractivity contribution in [2.75, 3.05) is 12.5 Å². The summed E-state index contributed by atoms with van der Waals surface area (Å²) in [5.41, 5.74) is 0.465. The Hall–Kier alpha value is -3.90. The first-order valence-electron chi connectivity index (χ1n) is 8.45. The molecule has 3 aromatic heterocycles. The van der Waals surface area contributed by atoms with Crippen LogP contribution in [-0.2, 0) is 24.5 Å². The summed E-state index contributed by atoms with van der Waals surface area (Å²) in [5, 5.41) is 7.98. The molecule has 3 rings (SSSR count). The average Bonchev–Trinajstić information content (AvgIpc) is 2.72. The molecule has 0 radical (unpaired) electrons. The highest BCUT2D eigenvalue weighted by atomic mass is 32.2. The maximum absolute atomic E-state index is 11.6. The quantitative estimate of drug-likeness (QED) is 0.364. The van der Waals surface area contributed by atoms with Gasteiger partial charge in [0.2, 0.25) is 35.8 Å². The Bertz CT molecular complexity index is 1370. The summed E-state index contributed by atoms with van der Waals surface area (Å²) in [6, 6.07) is 0. The third-order valence-corrected chi connectivity index (χ3v) is 5.26. The van der Waals surface area contributed by atoms with Crippen molar-refractivity contribution in [3.8, 4) is 34.6 Å². The van der Waals surface area contributed by atoms with Crippen LogP contribution < -0.4 is 0 Å². The van der Waals surface area contributed by atoms with Crippen molar-refractivity contribution in [2.24, 2.45) is 0 Å². The van der Waals surface area contributed by atoms with Gasteiger partial charge in [-0.1, -0.05) is 5.92 Å². The van der Waals surface area contributed by atoms with Crippen LogP contribution in [0.4, 0.5) is 0 Å². The predicted octanol–water partition coefficient (Wildman–Crippen LogP) is -0.581. The number of nitrogens with zero attached hydrogens (tertiary/aromatic N) is 7. The summed E-state index contributed by atoms with van der Waals surface area (Å²) in [5.74, 6) is 3.70. The van der Waals surface area contributed by atoms with Gasteiger partial charge in [-0.15, -0.1) is 0 Å². The van der Waals surface area contributed by atoms with Crippen molar-refractivity contribution in [1.82, 2.24) is 34.9 Å². The fraction of sp³-hybridized carbons (Fsp3) is 0.176. The van der Waals surface area contributed by atoms with Gasteiger partial charge in [-0.3, -0.25) is 4.79 Å². The first-order chi connectivity index (χ1) is 14.9. The standard InChI is InChI=1S/C17H13N7O6S2/c1-31(27,28)16-18-6-10(7-19-16)14-22-12(4-3-5-13(25)26)23-15(24-14)11-8-20-17(21-9-11)32(2,29)30/h6-9H,5H2,1-2H3,(H,25,26). The zero-order valence-electron chi connectivity index (χ0n) is 16.5. The lowest BCUT2D eigenvalue weighted by Crippen LogP contribution is -2.06. The number of hydrogen-bond acceptors (Lipinski definition) is 12. The van der Waals surface area contributed by atoms with Crippen LogP contribution in [0.5, 0.6) is 0 Å². The molecule has 3 heterocycles. The Labute approximate surface area is 181 Å². The van der Waals surface area contributed by atoms with Crippen molar-refractivity contribution >= 4 is 25.6 Å². The monoisotopic (exact) mass is 475 g/mol. The van der Waals surface area contributed by atoms with E-state index in [0.717, 1.165) is 12.5 Å². The molecule has 0 unspecified atom stereocenters. The second-order valence-corrected chi connectivity index (χ2v) is 10.1. The van der Waals surface area contributed by atoms with Crippen LogP contribution in [-0.4, -0.2) is 75.3 Å². The predicted molar refractivity (Wildman–Crippen MR) is 107 cm³/mol. The molecular weight excluding hydrogens is 462 g/mol. The fourth-order valence-corrected chi connectivity index (χ4v) is 3.11. The number of carboxylic acids is 1. The van der Waals surface area contributed by atoms with Crippen LogP contribution in [0.2, 0.25) is 0 Å². The number of aromatic nitrogens is 7. The van der Waals surface area contributed by atoms with Crippen molar-refractivity contribution in [1.29, 1.82) is 0 Å². The molecule has 164 valence electrons. The number of hydrogen-bond donors (Lipinski definition) is 1. The molecule has 0 spiro atoms. The molecule has 0 amide bonds. The van der Waals surface area contributed by atoms with Crippen molar-refractivity contribution in [2.45, 2.75) is 16.7 Å². The number of aliphatic carboxylic acids is 1. The minimum Gasteiger partial charge on any atom is -0.481 e. The molecule has 0 aliphatic rings. The van der Waals surface area contributed by atoms with E-state index >= 15 is 0 Å². The number of carbonyl (C=O) groups is 1. The lowest BCUT2D eigenvalue weighted by Gasteiger charge is -2.05. The van der Waals surface area contributed by atoms with Gasteiger partial charge in [0.15, 0.2) is 11.6 Å². The third kappa shape index (κ3) is 5.62. The second kappa shape index (κ2) is 8.69. The number of sulfone groups is 2. The second-order valence-electron chi connectivity index (χ2n) is 6.23. The molecule has 0 aliphatic carbocycles. The van der Waals surface area contributed by atoms with E-state index in [2.05, 4.69) is 46.7 Å². The third-order valence-electron chi connectivity index (χ3n) is 3.51. The summed E-state index contributed by atoms with van der Waals surface area (Å²) in [7, 11) is -7.23. The van der Waals surface area contributed by atoms with Crippen molar-refractivity contribution in [3.05, 3.63) is 30.6 Å². The summed E-state index contributed by atoms with van der Waals surface area (Å²) in [6.07, 6.45) is 6.24. The Morgan fingerprint density at radius 1 is 0.812 bits per heavy atom. The first-order valence-corrected chi connectivity index (χ1v) is 12.2. The van der Waals surface area contributed by atoms with E-state index in [0.29, 0.717) is 0 Å². The molecule has 0 saturated carbocycles. The van der Waals surface area contributed by atoms with Crippen LogP contribution >= 0.6 is 0 Å². The van der Waals surface area contributed by atoms with Gasteiger partial charge in [0.25, 0.3) is 0 Å². The van der Waals surface area contributed by atoms with E-state index in [1.165, 1.54) is 24.8 Å². The fourth-order valence-electron chi connectivity index (χ4n) is 2.14.